The summed E-state index contributed by atoms with van der Waals surface area (Å²) in [5, 5.41) is 0. The maximum atomic E-state index is 12.7. The first kappa shape index (κ1) is 10.9. The van der Waals surface area contributed by atoms with Gasteiger partial charge in [0.15, 0.2) is 0 Å². The van der Waals surface area contributed by atoms with Gasteiger partial charge in [0, 0.05) is 24.5 Å². The van der Waals surface area contributed by atoms with Gasteiger partial charge in [-0.1, -0.05) is 12.1 Å². The summed E-state index contributed by atoms with van der Waals surface area (Å²) in [5.41, 5.74) is 8.01. The number of benzene rings is 1. The van der Waals surface area contributed by atoms with E-state index in [1.54, 1.807) is 12.1 Å². The molecule has 1 heterocycles. The van der Waals surface area contributed by atoms with Gasteiger partial charge < -0.3 is 10.3 Å². The van der Waals surface area contributed by atoms with Crippen molar-refractivity contribution in [1.82, 2.24) is 4.57 Å². The SMILES string of the molecule is C[C@@H](N)c1cccn1Cc1ccc(F)cc1. The molecule has 0 fully saturated rings. The average molecular weight is 218 g/mol. The fourth-order valence-corrected chi connectivity index (χ4v) is 1.77. The average Bonchev–Trinajstić information content (AvgIpc) is 2.69. The molecule has 0 radical (unpaired) electrons. The van der Waals surface area contributed by atoms with Gasteiger partial charge >= 0.3 is 0 Å². The molecule has 0 spiro atoms. The van der Waals surface area contributed by atoms with Crippen molar-refractivity contribution in [1.29, 1.82) is 0 Å². The van der Waals surface area contributed by atoms with Crippen LogP contribution in [0.4, 0.5) is 4.39 Å². The minimum atomic E-state index is -0.205. The molecule has 0 saturated heterocycles. The van der Waals surface area contributed by atoms with Crippen molar-refractivity contribution in [2.75, 3.05) is 0 Å². The predicted molar refractivity (Wildman–Crippen MR) is 62.5 cm³/mol. The van der Waals surface area contributed by atoms with Crippen LogP contribution < -0.4 is 5.73 Å². The van der Waals surface area contributed by atoms with Crippen LogP contribution in [0.3, 0.4) is 0 Å². The second kappa shape index (κ2) is 4.49. The van der Waals surface area contributed by atoms with Crippen LogP contribution in [0.15, 0.2) is 42.6 Å². The normalized spacial score (nSPS) is 12.7. The molecular weight excluding hydrogens is 203 g/mol. The number of nitrogens with two attached hydrogens (primary N) is 1. The lowest BCUT2D eigenvalue weighted by Gasteiger charge is -2.11. The first-order valence-electron chi connectivity index (χ1n) is 5.32. The largest absolute Gasteiger partial charge is 0.346 e. The zero-order chi connectivity index (χ0) is 11.5. The minimum Gasteiger partial charge on any atom is -0.346 e. The molecule has 0 bridgehead atoms. The van der Waals surface area contributed by atoms with Crippen molar-refractivity contribution in [3.05, 3.63) is 59.7 Å². The van der Waals surface area contributed by atoms with Gasteiger partial charge in [0.2, 0.25) is 0 Å². The van der Waals surface area contributed by atoms with Gasteiger partial charge in [0.05, 0.1) is 0 Å². The molecule has 2 N–H and O–H groups in total. The fourth-order valence-electron chi connectivity index (χ4n) is 1.77. The first-order valence-corrected chi connectivity index (χ1v) is 5.32. The highest BCUT2D eigenvalue weighted by Crippen LogP contribution is 2.13. The van der Waals surface area contributed by atoms with E-state index >= 15 is 0 Å². The summed E-state index contributed by atoms with van der Waals surface area (Å²) in [7, 11) is 0. The van der Waals surface area contributed by atoms with E-state index in [9.17, 15) is 4.39 Å². The molecule has 1 aromatic heterocycles. The molecular formula is C13H15FN2. The molecule has 2 nitrogen and oxygen atoms in total. The van der Waals surface area contributed by atoms with Crippen LogP contribution in [-0.4, -0.2) is 4.57 Å². The molecule has 1 aromatic carbocycles. The van der Waals surface area contributed by atoms with Crippen molar-refractivity contribution in [3.63, 3.8) is 0 Å². The molecule has 0 aliphatic rings. The Bertz CT molecular complexity index is 457. The lowest BCUT2D eigenvalue weighted by Crippen LogP contribution is -2.12. The molecule has 2 rings (SSSR count). The number of nitrogens with zero attached hydrogens (tertiary/aromatic N) is 1. The Balaban J connectivity index is 2.20. The van der Waals surface area contributed by atoms with E-state index in [1.165, 1.54) is 12.1 Å². The Morgan fingerprint density at radius 2 is 1.94 bits per heavy atom. The maximum absolute atomic E-state index is 12.7. The maximum Gasteiger partial charge on any atom is 0.123 e. The standard InChI is InChI=1S/C13H15FN2/c1-10(15)13-3-2-8-16(13)9-11-4-6-12(14)7-5-11/h2-8,10H,9,15H2,1H3/t10-/m1/s1. The molecule has 16 heavy (non-hydrogen) atoms. The molecule has 3 heteroatoms. The van der Waals surface area contributed by atoms with E-state index in [0.717, 1.165) is 17.8 Å². The number of aromatic nitrogens is 1. The van der Waals surface area contributed by atoms with E-state index in [2.05, 4.69) is 4.57 Å². The van der Waals surface area contributed by atoms with Gasteiger partial charge in [-0.25, -0.2) is 4.39 Å². The second-order valence-electron chi connectivity index (χ2n) is 3.98. The third-order valence-electron chi connectivity index (χ3n) is 2.60. The number of hydrogen-bond acceptors (Lipinski definition) is 1. The van der Waals surface area contributed by atoms with Crippen LogP contribution in [-0.2, 0) is 6.54 Å². The number of halogens is 1. The number of hydrogen-bond donors (Lipinski definition) is 1. The van der Waals surface area contributed by atoms with Gasteiger partial charge in [0.1, 0.15) is 5.82 Å². The van der Waals surface area contributed by atoms with E-state index < -0.39 is 0 Å². The molecule has 2 aromatic rings. The third-order valence-corrected chi connectivity index (χ3v) is 2.60. The molecule has 0 unspecified atom stereocenters. The van der Waals surface area contributed by atoms with Crippen molar-refractivity contribution >= 4 is 0 Å². The summed E-state index contributed by atoms with van der Waals surface area (Å²) in [6.07, 6.45) is 1.99. The molecule has 0 aliphatic heterocycles. The summed E-state index contributed by atoms with van der Waals surface area (Å²) in [5.74, 6) is -0.205. The van der Waals surface area contributed by atoms with Gasteiger partial charge in [-0.2, -0.15) is 0 Å². The van der Waals surface area contributed by atoms with Gasteiger partial charge in [-0.05, 0) is 36.8 Å². The summed E-state index contributed by atoms with van der Waals surface area (Å²) in [6, 6.07) is 10.5. The van der Waals surface area contributed by atoms with Crippen LogP contribution in [0.1, 0.15) is 24.2 Å². The summed E-state index contributed by atoms with van der Waals surface area (Å²) in [6.45, 7) is 2.68. The topological polar surface area (TPSA) is 30.9 Å². The van der Waals surface area contributed by atoms with E-state index in [1.807, 2.05) is 25.3 Å². The Kier molecular flexibility index (Phi) is 3.06. The molecule has 0 saturated carbocycles. The van der Waals surface area contributed by atoms with Crippen LogP contribution in [0.25, 0.3) is 0 Å². The van der Waals surface area contributed by atoms with Crippen molar-refractivity contribution < 1.29 is 4.39 Å². The molecule has 0 aliphatic carbocycles. The van der Waals surface area contributed by atoms with Crippen LogP contribution in [0.2, 0.25) is 0 Å². The Hall–Kier alpha value is -1.61. The van der Waals surface area contributed by atoms with Gasteiger partial charge in [-0.3, -0.25) is 0 Å². The highest BCUT2D eigenvalue weighted by molar-refractivity contribution is 5.19. The second-order valence-corrected chi connectivity index (χ2v) is 3.98. The highest BCUT2D eigenvalue weighted by atomic mass is 19.1. The smallest absolute Gasteiger partial charge is 0.123 e. The van der Waals surface area contributed by atoms with E-state index in [0.29, 0.717) is 0 Å². The molecule has 84 valence electrons. The monoisotopic (exact) mass is 218 g/mol. The van der Waals surface area contributed by atoms with Gasteiger partial charge in [0.25, 0.3) is 0 Å². The molecule has 0 amide bonds. The van der Waals surface area contributed by atoms with Gasteiger partial charge in [-0.15, -0.1) is 0 Å². The minimum absolute atomic E-state index is 0.00967. The summed E-state index contributed by atoms with van der Waals surface area (Å²) >= 11 is 0. The Morgan fingerprint density at radius 3 is 2.56 bits per heavy atom. The zero-order valence-electron chi connectivity index (χ0n) is 9.23. The van der Waals surface area contributed by atoms with Crippen LogP contribution in [0, 0.1) is 5.82 Å². The van der Waals surface area contributed by atoms with Crippen LogP contribution >= 0.6 is 0 Å². The highest BCUT2D eigenvalue weighted by Gasteiger charge is 2.05. The zero-order valence-corrected chi connectivity index (χ0v) is 9.23. The van der Waals surface area contributed by atoms with E-state index in [-0.39, 0.29) is 11.9 Å². The molecule has 1 atom stereocenters. The van der Waals surface area contributed by atoms with Crippen LogP contribution in [0.5, 0.6) is 0 Å². The predicted octanol–water partition coefficient (Wildman–Crippen LogP) is 2.70. The Labute approximate surface area is 94.5 Å². The first-order chi connectivity index (χ1) is 7.66. The van der Waals surface area contributed by atoms with E-state index in [4.69, 9.17) is 5.73 Å². The quantitative estimate of drug-likeness (QED) is 0.843. The Morgan fingerprint density at radius 1 is 1.25 bits per heavy atom. The number of rotatable bonds is 3. The van der Waals surface area contributed by atoms with Crippen molar-refractivity contribution in [3.8, 4) is 0 Å². The third kappa shape index (κ3) is 2.31. The van der Waals surface area contributed by atoms with Crippen molar-refractivity contribution in [2.24, 2.45) is 5.73 Å². The lowest BCUT2D eigenvalue weighted by atomic mass is 10.2. The summed E-state index contributed by atoms with van der Waals surface area (Å²) < 4.78 is 14.8. The van der Waals surface area contributed by atoms with Crippen molar-refractivity contribution in [2.45, 2.75) is 19.5 Å². The fraction of sp³-hybridized carbons (Fsp3) is 0.231. The lowest BCUT2D eigenvalue weighted by molar-refractivity contribution is 0.625. The summed E-state index contributed by atoms with van der Waals surface area (Å²) in [4.78, 5) is 0.